The summed E-state index contributed by atoms with van der Waals surface area (Å²) < 4.78 is 49.0. The molecule has 1 aromatic rings. The first kappa shape index (κ1) is 26.5. The number of hydrogen-bond donors (Lipinski definition) is 2. The first-order valence-electron chi connectivity index (χ1n) is 12.5. The fraction of sp³-hybridized carbons (Fsp3) is 0.600. The number of hydrogen-bond acceptors (Lipinski definition) is 7. The van der Waals surface area contributed by atoms with Gasteiger partial charge in [-0.1, -0.05) is 12.1 Å². The largest absolute Gasteiger partial charge is 0.495 e. The second-order valence-corrected chi connectivity index (χ2v) is 10.8. The zero-order chi connectivity index (χ0) is 27.4. The lowest BCUT2D eigenvalue weighted by atomic mass is 9.84. The highest BCUT2D eigenvalue weighted by Gasteiger charge is 2.72. The highest BCUT2D eigenvalue weighted by molar-refractivity contribution is 7.80. The Morgan fingerprint density at radius 2 is 1.89 bits per heavy atom. The van der Waals surface area contributed by atoms with Crippen molar-refractivity contribution in [1.29, 1.82) is 5.26 Å². The van der Waals surface area contributed by atoms with Crippen LogP contribution in [0.15, 0.2) is 24.3 Å². The lowest BCUT2D eigenvalue weighted by molar-refractivity contribution is -0.217. The van der Waals surface area contributed by atoms with Gasteiger partial charge >= 0.3 is 12.1 Å². The van der Waals surface area contributed by atoms with Crippen LogP contribution in [0.3, 0.4) is 0 Å². The Balaban J connectivity index is 1.28. The Bertz CT molecular complexity index is 1180. The van der Waals surface area contributed by atoms with Gasteiger partial charge in [0.05, 0.1) is 24.9 Å². The van der Waals surface area contributed by atoms with Gasteiger partial charge in [-0.3, -0.25) is 9.69 Å². The predicted octanol–water partition coefficient (Wildman–Crippen LogP) is 2.91. The molecule has 4 aliphatic rings. The number of ether oxygens (including phenoxy) is 2. The summed E-state index contributed by atoms with van der Waals surface area (Å²) in [5.41, 5.74) is 5.42. The van der Waals surface area contributed by atoms with Gasteiger partial charge in [-0.15, -0.1) is 0 Å². The molecule has 1 saturated carbocycles. The molecule has 1 amide bonds. The third-order valence-electron chi connectivity index (χ3n) is 8.28. The number of rotatable bonds is 5. The van der Waals surface area contributed by atoms with Gasteiger partial charge in [-0.25, -0.2) is 4.79 Å². The van der Waals surface area contributed by atoms with Gasteiger partial charge in [0.15, 0.2) is 10.8 Å². The Morgan fingerprint density at radius 3 is 2.50 bits per heavy atom. The van der Waals surface area contributed by atoms with Crippen LogP contribution in [-0.2, 0) is 14.3 Å². The Hall–Kier alpha value is -3.11. The van der Waals surface area contributed by atoms with Crippen LogP contribution >= 0.6 is 12.2 Å². The van der Waals surface area contributed by atoms with Crippen molar-refractivity contribution in [3.05, 3.63) is 24.3 Å². The fourth-order valence-electron chi connectivity index (χ4n) is 6.47. The zero-order valence-corrected chi connectivity index (χ0v) is 21.4. The average molecular weight is 552 g/mol. The highest BCUT2D eigenvalue weighted by atomic mass is 32.1. The monoisotopic (exact) mass is 551 g/mol. The molecule has 5 rings (SSSR count). The molecule has 38 heavy (non-hydrogen) atoms. The standard InChI is InChI=1S/C25H28F3N5O4S/c1-36-19-5-3-2-4-18(19)31-23(38)32-15-6-7-16(32)9-13(8-15)20(30)21(34)33-17(12-29)10-14-11-24(14,33)37-22(35)25(26,27)28/h2-5,13-17,20H,6-11,30H2,1H3,(H,31,38)/t13?,14-,15?,16?,17+,20+,24+/m1/s1. The topological polar surface area (TPSA) is 121 Å². The Morgan fingerprint density at radius 1 is 1.24 bits per heavy atom. The minimum absolute atomic E-state index is 0.0309. The first-order chi connectivity index (χ1) is 18.0. The number of nitrogens with zero attached hydrogens (tertiary/aromatic N) is 3. The number of carbonyl (C=O) groups is 2. The van der Waals surface area contributed by atoms with E-state index in [2.05, 4.69) is 10.2 Å². The van der Waals surface area contributed by atoms with Crippen LogP contribution < -0.4 is 15.8 Å². The number of nitrogens with two attached hydrogens (primary N) is 1. The summed E-state index contributed by atoms with van der Waals surface area (Å²) in [6.07, 6.45) is -2.16. The molecular formula is C25H28F3N5O4S. The number of amides is 1. The summed E-state index contributed by atoms with van der Waals surface area (Å²) in [6, 6.07) is 7.40. The van der Waals surface area contributed by atoms with Crippen molar-refractivity contribution >= 4 is 34.9 Å². The van der Waals surface area contributed by atoms with Gasteiger partial charge in [0.25, 0.3) is 0 Å². The molecule has 3 aliphatic heterocycles. The summed E-state index contributed by atoms with van der Waals surface area (Å²) >= 11 is 5.71. The number of nitrogens with one attached hydrogen (secondary N) is 1. The number of fused-ring (bicyclic) bond motifs is 3. The molecule has 1 aliphatic carbocycles. The SMILES string of the molecule is COc1ccccc1NC(=S)N1C2CCC1CC([C@H](N)C(=O)N1[C@H](C#N)C[C@@H]3C[C@]31OC(=O)C(F)(F)F)C2. The number of esters is 1. The van der Waals surface area contributed by atoms with Crippen molar-refractivity contribution in [2.75, 3.05) is 12.4 Å². The number of thiocarbonyl (C=S) groups is 1. The van der Waals surface area contributed by atoms with Gasteiger partial charge in [0, 0.05) is 24.4 Å². The van der Waals surface area contributed by atoms with Crippen molar-refractivity contribution in [1.82, 2.24) is 9.80 Å². The molecule has 0 spiro atoms. The lowest BCUT2D eigenvalue weighted by Gasteiger charge is -2.43. The fourth-order valence-corrected chi connectivity index (χ4v) is 6.88. The number of para-hydroxylation sites is 2. The van der Waals surface area contributed by atoms with Crippen LogP contribution in [-0.4, -0.2) is 70.0 Å². The van der Waals surface area contributed by atoms with Crippen molar-refractivity contribution in [2.45, 2.75) is 74.6 Å². The third kappa shape index (κ3) is 4.43. The maximum Gasteiger partial charge on any atom is 0.491 e. The van der Waals surface area contributed by atoms with E-state index in [-0.39, 0.29) is 30.8 Å². The molecule has 4 fully saturated rings. The number of anilines is 1. The summed E-state index contributed by atoms with van der Waals surface area (Å²) in [4.78, 5) is 28.3. The van der Waals surface area contributed by atoms with Crippen LogP contribution in [0.4, 0.5) is 18.9 Å². The van der Waals surface area contributed by atoms with E-state index in [4.69, 9.17) is 27.4 Å². The second-order valence-electron chi connectivity index (χ2n) is 10.4. The predicted molar refractivity (Wildman–Crippen MR) is 132 cm³/mol. The molecule has 3 heterocycles. The van der Waals surface area contributed by atoms with Gasteiger partial charge in [-0.2, -0.15) is 18.4 Å². The first-order valence-corrected chi connectivity index (χ1v) is 12.9. The Kier molecular flexibility index (Phi) is 6.67. The van der Waals surface area contributed by atoms with E-state index in [1.54, 1.807) is 7.11 Å². The zero-order valence-electron chi connectivity index (χ0n) is 20.6. The van der Waals surface area contributed by atoms with Gasteiger partial charge in [0.2, 0.25) is 5.91 Å². The number of halogens is 3. The second kappa shape index (κ2) is 9.57. The number of carbonyl (C=O) groups excluding carboxylic acids is 2. The van der Waals surface area contributed by atoms with Crippen molar-refractivity contribution < 1.29 is 32.2 Å². The number of methoxy groups -OCH3 is 1. The molecule has 3 saturated heterocycles. The molecule has 2 unspecified atom stereocenters. The maximum absolute atomic E-state index is 13.6. The van der Waals surface area contributed by atoms with Gasteiger partial charge < -0.3 is 25.4 Å². The smallest absolute Gasteiger partial charge is 0.491 e. The normalized spacial score (nSPS) is 32.2. The van der Waals surface area contributed by atoms with Gasteiger partial charge in [-0.05, 0) is 62.4 Å². The number of likely N-dealkylation sites (tertiary alicyclic amines) is 1. The van der Waals surface area contributed by atoms with Crippen LogP contribution in [0.5, 0.6) is 5.75 Å². The van der Waals surface area contributed by atoms with Crippen LogP contribution in [0.25, 0.3) is 0 Å². The molecular weight excluding hydrogens is 523 g/mol. The maximum atomic E-state index is 13.6. The number of piperidine rings is 2. The van der Waals surface area contributed by atoms with E-state index >= 15 is 0 Å². The molecule has 6 atom stereocenters. The number of benzene rings is 1. The molecule has 0 radical (unpaired) electrons. The van der Waals surface area contributed by atoms with E-state index < -0.39 is 41.8 Å². The van der Waals surface area contributed by atoms with Crippen LogP contribution in [0, 0.1) is 23.2 Å². The summed E-state index contributed by atoms with van der Waals surface area (Å²) in [6.45, 7) is 0. The highest BCUT2D eigenvalue weighted by Crippen LogP contribution is 2.59. The summed E-state index contributed by atoms with van der Waals surface area (Å²) in [7, 11) is 1.58. The van der Waals surface area contributed by atoms with E-state index in [1.807, 2.05) is 30.3 Å². The molecule has 9 nitrogen and oxygen atoms in total. The molecule has 1 aromatic carbocycles. The van der Waals surface area contributed by atoms with E-state index in [0.717, 1.165) is 23.4 Å². The van der Waals surface area contributed by atoms with E-state index in [9.17, 15) is 28.0 Å². The van der Waals surface area contributed by atoms with Crippen molar-refractivity contribution in [2.24, 2.45) is 17.6 Å². The quantitative estimate of drug-likeness (QED) is 0.420. The minimum atomic E-state index is -5.20. The molecule has 204 valence electrons. The molecule has 13 heteroatoms. The van der Waals surface area contributed by atoms with E-state index in [0.29, 0.717) is 23.7 Å². The minimum Gasteiger partial charge on any atom is -0.495 e. The number of nitriles is 1. The van der Waals surface area contributed by atoms with Crippen molar-refractivity contribution in [3.8, 4) is 11.8 Å². The summed E-state index contributed by atoms with van der Waals surface area (Å²) in [5, 5.41) is 13.4. The van der Waals surface area contributed by atoms with Crippen molar-refractivity contribution in [3.63, 3.8) is 0 Å². The Labute approximate surface area is 223 Å². The number of alkyl halides is 3. The average Bonchev–Trinajstić information content (AvgIpc) is 3.37. The molecule has 0 aromatic heterocycles. The van der Waals surface area contributed by atoms with Crippen LogP contribution in [0.2, 0.25) is 0 Å². The van der Waals surface area contributed by atoms with Gasteiger partial charge in [0.1, 0.15) is 11.8 Å². The van der Waals surface area contributed by atoms with E-state index in [1.165, 1.54) is 0 Å². The molecule has 2 bridgehead atoms. The molecule has 3 N–H and O–H groups in total. The van der Waals surface area contributed by atoms with Crippen LogP contribution in [0.1, 0.15) is 38.5 Å². The summed E-state index contributed by atoms with van der Waals surface area (Å²) in [5.74, 6) is -3.14. The lowest BCUT2D eigenvalue weighted by Crippen LogP contribution is -2.58. The third-order valence-corrected chi connectivity index (χ3v) is 8.59.